The van der Waals surface area contributed by atoms with E-state index in [1.54, 1.807) is 24.4 Å². The molecule has 0 aliphatic carbocycles. The molecular weight excluding hydrogens is 258 g/mol. The zero-order chi connectivity index (χ0) is 13.2. The van der Waals surface area contributed by atoms with Gasteiger partial charge >= 0.3 is 7.75 Å². The van der Waals surface area contributed by atoms with E-state index in [9.17, 15) is 8.96 Å². The SMILES string of the molecule is O=P(O)(O)Nc1cc(F)ccc1-c1ccccn1. The van der Waals surface area contributed by atoms with Crippen LogP contribution in [0.5, 0.6) is 0 Å². The highest BCUT2D eigenvalue weighted by Gasteiger charge is 2.16. The van der Waals surface area contributed by atoms with Gasteiger partial charge in [-0.1, -0.05) is 6.07 Å². The topological polar surface area (TPSA) is 82.5 Å². The van der Waals surface area contributed by atoms with E-state index in [0.29, 0.717) is 11.3 Å². The van der Waals surface area contributed by atoms with Crippen LogP contribution in [0, 0.1) is 5.82 Å². The van der Waals surface area contributed by atoms with Crippen LogP contribution in [0.3, 0.4) is 0 Å². The molecule has 1 aromatic heterocycles. The van der Waals surface area contributed by atoms with Crippen molar-refractivity contribution in [3.8, 4) is 11.3 Å². The Balaban J connectivity index is 2.51. The molecule has 0 saturated heterocycles. The molecule has 3 N–H and O–H groups in total. The second-order valence-electron chi connectivity index (χ2n) is 3.56. The van der Waals surface area contributed by atoms with Crippen LogP contribution in [0.25, 0.3) is 11.3 Å². The third-order valence-corrected chi connectivity index (χ3v) is 2.72. The van der Waals surface area contributed by atoms with Gasteiger partial charge in [0.25, 0.3) is 0 Å². The van der Waals surface area contributed by atoms with Crippen molar-refractivity contribution >= 4 is 13.4 Å². The molecule has 0 atom stereocenters. The molecule has 0 fully saturated rings. The summed E-state index contributed by atoms with van der Waals surface area (Å²) < 4.78 is 24.1. The van der Waals surface area contributed by atoms with Gasteiger partial charge in [-0.3, -0.25) is 10.1 Å². The third-order valence-electron chi connectivity index (χ3n) is 2.19. The maximum absolute atomic E-state index is 13.1. The predicted molar refractivity (Wildman–Crippen MR) is 65.3 cm³/mol. The van der Waals surface area contributed by atoms with Gasteiger partial charge in [0.05, 0.1) is 11.4 Å². The lowest BCUT2D eigenvalue weighted by Gasteiger charge is -2.12. The van der Waals surface area contributed by atoms with Gasteiger partial charge in [0.1, 0.15) is 5.82 Å². The molecule has 0 unspecified atom stereocenters. The minimum absolute atomic E-state index is 0.00188. The molecule has 0 bridgehead atoms. The number of aromatic nitrogens is 1. The van der Waals surface area contributed by atoms with Crippen LogP contribution in [0.15, 0.2) is 42.6 Å². The van der Waals surface area contributed by atoms with E-state index in [-0.39, 0.29) is 5.69 Å². The molecule has 2 rings (SSSR count). The first-order valence-electron chi connectivity index (χ1n) is 5.00. The first kappa shape index (κ1) is 12.7. The van der Waals surface area contributed by atoms with E-state index in [1.165, 1.54) is 12.1 Å². The van der Waals surface area contributed by atoms with Gasteiger partial charge in [0, 0.05) is 11.8 Å². The summed E-state index contributed by atoms with van der Waals surface area (Å²) in [5.74, 6) is -0.592. The smallest absolute Gasteiger partial charge is 0.308 e. The largest absolute Gasteiger partial charge is 0.427 e. The fourth-order valence-electron chi connectivity index (χ4n) is 1.51. The van der Waals surface area contributed by atoms with Crippen molar-refractivity contribution in [3.05, 3.63) is 48.4 Å². The van der Waals surface area contributed by atoms with Crippen molar-refractivity contribution in [2.75, 3.05) is 5.09 Å². The van der Waals surface area contributed by atoms with Gasteiger partial charge in [0.15, 0.2) is 0 Å². The predicted octanol–water partition coefficient (Wildman–Crippen LogP) is 2.39. The molecule has 0 aliphatic heterocycles. The van der Waals surface area contributed by atoms with E-state index < -0.39 is 13.6 Å². The van der Waals surface area contributed by atoms with Crippen molar-refractivity contribution in [1.82, 2.24) is 4.98 Å². The van der Waals surface area contributed by atoms with Gasteiger partial charge in [0.2, 0.25) is 0 Å². The zero-order valence-corrected chi connectivity index (χ0v) is 10.0. The van der Waals surface area contributed by atoms with Crippen molar-refractivity contribution in [2.24, 2.45) is 0 Å². The molecule has 0 amide bonds. The molecule has 0 radical (unpaired) electrons. The Morgan fingerprint density at radius 1 is 1.22 bits per heavy atom. The number of benzene rings is 1. The van der Waals surface area contributed by atoms with Gasteiger partial charge < -0.3 is 9.79 Å². The summed E-state index contributed by atoms with van der Waals surface area (Å²) in [5.41, 5.74) is 0.913. The standard InChI is InChI=1S/C11H10FN2O3P/c12-8-4-5-9(10-3-1-2-6-13-10)11(7-8)14-18(15,16)17/h1-7H,(H3,14,15,16,17). The van der Waals surface area contributed by atoms with Crippen molar-refractivity contribution in [3.63, 3.8) is 0 Å². The first-order valence-corrected chi connectivity index (χ1v) is 6.62. The van der Waals surface area contributed by atoms with Gasteiger partial charge in [-0.15, -0.1) is 0 Å². The summed E-state index contributed by atoms with van der Waals surface area (Å²) in [4.78, 5) is 21.8. The van der Waals surface area contributed by atoms with Crippen molar-refractivity contribution in [2.45, 2.75) is 0 Å². The zero-order valence-electron chi connectivity index (χ0n) is 9.12. The summed E-state index contributed by atoms with van der Waals surface area (Å²) >= 11 is 0. The fraction of sp³-hybridized carbons (Fsp3) is 0. The number of hydrogen-bond acceptors (Lipinski definition) is 2. The van der Waals surface area contributed by atoms with Gasteiger partial charge in [-0.25, -0.2) is 8.96 Å². The van der Waals surface area contributed by atoms with Crippen LogP contribution < -0.4 is 5.09 Å². The van der Waals surface area contributed by atoms with E-state index in [1.807, 2.05) is 5.09 Å². The number of nitrogens with zero attached hydrogens (tertiary/aromatic N) is 1. The summed E-state index contributed by atoms with van der Waals surface area (Å²) in [6, 6.07) is 8.74. The monoisotopic (exact) mass is 268 g/mol. The number of halogens is 1. The Kier molecular flexibility index (Phi) is 3.43. The molecule has 7 heteroatoms. The second kappa shape index (κ2) is 4.86. The van der Waals surface area contributed by atoms with Crippen molar-refractivity contribution < 1.29 is 18.7 Å². The number of pyridine rings is 1. The van der Waals surface area contributed by atoms with E-state index in [2.05, 4.69) is 4.98 Å². The summed E-state index contributed by atoms with van der Waals surface area (Å²) in [6.45, 7) is 0. The van der Waals surface area contributed by atoms with Crippen LogP contribution >= 0.6 is 7.75 Å². The van der Waals surface area contributed by atoms with Crippen LogP contribution in [-0.2, 0) is 4.57 Å². The lowest BCUT2D eigenvalue weighted by molar-refractivity contribution is 0.380. The molecule has 18 heavy (non-hydrogen) atoms. The number of nitrogens with one attached hydrogen (secondary N) is 1. The molecule has 0 saturated carbocycles. The van der Waals surface area contributed by atoms with E-state index in [0.717, 1.165) is 6.07 Å². The van der Waals surface area contributed by atoms with E-state index in [4.69, 9.17) is 9.79 Å². The van der Waals surface area contributed by atoms with Crippen LogP contribution in [0.2, 0.25) is 0 Å². The van der Waals surface area contributed by atoms with Gasteiger partial charge in [-0.2, -0.15) is 0 Å². The second-order valence-corrected chi connectivity index (χ2v) is 4.87. The average Bonchev–Trinajstić information content (AvgIpc) is 2.28. The molecule has 94 valence electrons. The molecule has 1 heterocycles. The molecular formula is C11H10FN2O3P. The minimum atomic E-state index is -4.50. The van der Waals surface area contributed by atoms with Gasteiger partial charge in [-0.05, 0) is 30.3 Å². The lowest BCUT2D eigenvalue weighted by Crippen LogP contribution is -1.98. The Hall–Kier alpha value is -1.75. The maximum Gasteiger partial charge on any atom is 0.427 e. The van der Waals surface area contributed by atoms with E-state index >= 15 is 0 Å². The number of rotatable bonds is 3. The van der Waals surface area contributed by atoms with Crippen LogP contribution in [-0.4, -0.2) is 14.8 Å². The summed E-state index contributed by atoms with van der Waals surface area (Å²) in [5, 5.41) is 1.98. The Morgan fingerprint density at radius 3 is 2.61 bits per heavy atom. The van der Waals surface area contributed by atoms with Crippen LogP contribution in [0.1, 0.15) is 0 Å². The fourth-order valence-corrected chi connectivity index (χ4v) is 2.01. The summed E-state index contributed by atoms with van der Waals surface area (Å²) in [6.07, 6.45) is 1.54. The highest BCUT2D eigenvalue weighted by atomic mass is 31.2. The normalized spacial score (nSPS) is 11.3. The molecule has 0 aliphatic rings. The highest BCUT2D eigenvalue weighted by molar-refractivity contribution is 7.53. The van der Waals surface area contributed by atoms with Crippen molar-refractivity contribution in [1.29, 1.82) is 0 Å². The first-order chi connectivity index (χ1) is 8.46. The molecule has 2 aromatic rings. The Labute approximate surface area is 103 Å². The molecule has 1 aromatic carbocycles. The lowest BCUT2D eigenvalue weighted by atomic mass is 10.1. The van der Waals surface area contributed by atoms with Crippen LogP contribution in [0.4, 0.5) is 10.1 Å². The minimum Gasteiger partial charge on any atom is -0.308 e. The highest BCUT2D eigenvalue weighted by Crippen LogP contribution is 2.39. The number of anilines is 1. The quantitative estimate of drug-likeness (QED) is 0.744. The molecule has 0 spiro atoms. The average molecular weight is 268 g/mol. The number of hydrogen-bond donors (Lipinski definition) is 3. The Bertz CT molecular complexity index is 600. The molecule has 5 nitrogen and oxygen atoms in total. The summed E-state index contributed by atoms with van der Waals surface area (Å²) in [7, 11) is -4.50. The third kappa shape index (κ3) is 3.13. The Morgan fingerprint density at radius 2 is 2.00 bits per heavy atom. The maximum atomic E-state index is 13.1.